The Kier molecular flexibility index (Phi) is 6.92. The summed E-state index contributed by atoms with van der Waals surface area (Å²) in [6, 6.07) is 9.33. The van der Waals surface area contributed by atoms with Crippen LogP contribution in [0.1, 0.15) is 60.3 Å². The number of esters is 1. The molecule has 3 aromatic rings. The molecule has 1 amide bonds. The number of rotatable bonds is 5. The summed E-state index contributed by atoms with van der Waals surface area (Å²) in [7, 11) is 0. The van der Waals surface area contributed by atoms with Gasteiger partial charge in [-0.15, -0.1) is 11.3 Å². The van der Waals surface area contributed by atoms with E-state index in [1.54, 1.807) is 22.9 Å². The first-order chi connectivity index (χ1) is 15.0. The smallest absolute Gasteiger partial charge is 0.348 e. The van der Waals surface area contributed by atoms with E-state index in [0.717, 1.165) is 47.3 Å². The molecular formula is C23H26ClN3O3S. The van der Waals surface area contributed by atoms with Crippen LogP contribution in [0.3, 0.4) is 0 Å². The summed E-state index contributed by atoms with van der Waals surface area (Å²) in [5, 5.41) is 9.14. The number of fused-ring (bicyclic) bond motifs is 1. The summed E-state index contributed by atoms with van der Waals surface area (Å²) < 4.78 is 7.10. The maximum absolute atomic E-state index is 12.6. The second kappa shape index (κ2) is 9.83. The van der Waals surface area contributed by atoms with Crippen LogP contribution in [0.5, 0.6) is 0 Å². The minimum Gasteiger partial charge on any atom is -0.451 e. The number of halogens is 1. The van der Waals surface area contributed by atoms with Crippen molar-refractivity contribution in [1.29, 1.82) is 0 Å². The summed E-state index contributed by atoms with van der Waals surface area (Å²) >= 11 is 7.29. The van der Waals surface area contributed by atoms with Crippen molar-refractivity contribution in [2.24, 2.45) is 0 Å². The van der Waals surface area contributed by atoms with Gasteiger partial charge in [0.05, 0.1) is 11.4 Å². The first-order valence-electron chi connectivity index (χ1n) is 10.7. The fourth-order valence-electron chi connectivity index (χ4n) is 3.98. The lowest BCUT2D eigenvalue weighted by atomic mass is 9.97. The lowest BCUT2D eigenvalue weighted by Crippen LogP contribution is -2.38. The SMILES string of the molecule is Cc1nn(-c2ccc(Cl)cc2)c2sc(C(=O)OCC(=O)NC3CCCCCCC3)cc12. The zero-order valence-electron chi connectivity index (χ0n) is 17.5. The van der Waals surface area contributed by atoms with E-state index in [0.29, 0.717) is 9.90 Å². The van der Waals surface area contributed by atoms with E-state index in [4.69, 9.17) is 16.3 Å². The minimum atomic E-state index is -0.490. The number of ether oxygens (including phenoxy) is 1. The van der Waals surface area contributed by atoms with E-state index < -0.39 is 5.97 Å². The van der Waals surface area contributed by atoms with Crippen molar-refractivity contribution in [2.45, 2.75) is 57.9 Å². The Morgan fingerprint density at radius 3 is 2.55 bits per heavy atom. The van der Waals surface area contributed by atoms with Gasteiger partial charge in [0.1, 0.15) is 9.71 Å². The Morgan fingerprint density at radius 1 is 1.16 bits per heavy atom. The number of thiophene rings is 1. The molecule has 6 nitrogen and oxygen atoms in total. The molecule has 1 N–H and O–H groups in total. The van der Waals surface area contributed by atoms with Crippen molar-refractivity contribution < 1.29 is 14.3 Å². The molecule has 0 saturated heterocycles. The van der Waals surface area contributed by atoms with Gasteiger partial charge in [-0.2, -0.15) is 5.10 Å². The van der Waals surface area contributed by atoms with Gasteiger partial charge in [-0.25, -0.2) is 9.48 Å². The molecule has 1 saturated carbocycles. The van der Waals surface area contributed by atoms with Gasteiger partial charge in [-0.3, -0.25) is 4.79 Å². The Balaban J connectivity index is 1.40. The topological polar surface area (TPSA) is 73.2 Å². The Hall–Kier alpha value is -2.38. The number of aromatic nitrogens is 2. The quantitative estimate of drug-likeness (QED) is 0.516. The number of nitrogens with one attached hydrogen (secondary N) is 1. The van der Waals surface area contributed by atoms with E-state index in [-0.39, 0.29) is 18.6 Å². The Bertz CT molecular complexity index is 1070. The molecule has 164 valence electrons. The first-order valence-corrected chi connectivity index (χ1v) is 11.9. The number of hydrogen-bond acceptors (Lipinski definition) is 5. The van der Waals surface area contributed by atoms with E-state index in [2.05, 4.69) is 10.4 Å². The van der Waals surface area contributed by atoms with Crippen LogP contribution in [-0.4, -0.2) is 34.3 Å². The van der Waals surface area contributed by atoms with Crippen molar-refractivity contribution in [3.05, 3.63) is 45.9 Å². The molecule has 0 unspecified atom stereocenters. The molecule has 1 aliphatic rings. The predicted octanol–water partition coefficient (Wildman–Crippen LogP) is 5.43. The van der Waals surface area contributed by atoms with Crippen molar-refractivity contribution in [3.8, 4) is 5.69 Å². The van der Waals surface area contributed by atoms with Crippen LogP contribution in [0.15, 0.2) is 30.3 Å². The number of nitrogens with zero attached hydrogens (tertiary/aromatic N) is 2. The number of carbonyl (C=O) groups is 2. The highest BCUT2D eigenvalue weighted by Gasteiger charge is 2.20. The van der Waals surface area contributed by atoms with E-state index >= 15 is 0 Å². The molecule has 2 heterocycles. The highest BCUT2D eigenvalue weighted by molar-refractivity contribution is 7.20. The normalized spacial score (nSPS) is 15.4. The predicted molar refractivity (Wildman–Crippen MR) is 123 cm³/mol. The molecule has 0 atom stereocenters. The van der Waals surface area contributed by atoms with Crippen LogP contribution in [0.4, 0.5) is 0 Å². The van der Waals surface area contributed by atoms with Gasteiger partial charge in [0.25, 0.3) is 5.91 Å². The van der Waals surface area contributed by atoms with Gasteiger partial charge in [0, 0.05) is 16.5 Å². The highest BCUT2D eigenvalue weighted by Crippen LogP contribution is 2.31. The standard InChI is InChI=1S/C23H26ClN3O3S/c1-15-19-13-20(31-22(19)27(26-15)18-11-9-16(24)10-12-18)23(29)30-14-21(28)25-17-7-5-3-2-4-6-8-17/h9-13,17H,2-8,14H2,1H3,(H,25,28). The second-order valence-corrected chi connectivity index (χ2v) is 9.46. The van der Waals surface area contributed by atoms with Gasteiger partial charge in [-0.05, 0) is 50.1 Å². The first kappa shape index (κ1) is 21.8. The van der Waals surface area contributed by atoms with Crippen LogP contribution in [-0.2, 0) is 9.53 Å². The molecule has 1 aliphatic carbocycles. The van der Waals surface area contributed by atoms with Crippen molar-refractivity contribution in [3.63, 3.8) is 0 Å². The lowest BCUT2D eigenvalue weighted by Gasteiger charge is -2.20. The summed E-state index contributed by atoms with van der Waals surface area (Å²) in [5.74, 6) is -0.723. The van der Waals surface area contributed by atoms with Gasteiger partial charge in [0.2, 0.25) is 0 Å². The maximum atomic E-state index is 12.6. The third-order valence-corrected chi connectivity index (χ3v) is 6.96. The number of carbonyl (C=O) groups excluding carboxylic acids is 2. The molecule has 8 heteroatoms. The minimum absolute atomic E-state index is 0.184. The Morgan fingerprint density at radius 2 is 1.84 bits per heavy atom. The maximum Gasteiger partial charge on any atom is 0.348 e. The highest BCUT2D eigenvalue weighted by atomic mass is 35.5. The largest absolute Gasteiger partial charge is 0.451 e. The van der Waals surface area contributed by atoms with Crippen LogP contribution in [0.25, 0.3) is 15.9 Å². The molecule has 0 bridgehead atoms. The van der Waals surface area contributed by atoms with Crippen molar-refractivity contribution >= 4 is 45.0 Å². The molecule has 2 aromatic heterocycles. The van der Waals surface area contributed by atoms with Crippen molar-refractivity contribution in [2.75, 3.05) is 6.61 Å². The molecule has 0 aliphatic heterocycles. The number of benzene rings is 1. The summed E-state index contributed by atoms with van der Waals surface area (Å²) in [4.78, 5) is 26.2. The molecule has 31 heavy (non-hydrogen) atoms. The van der Waals surface area contributed by atoms with E-state index in [1.165, 1.54) is 30.6 Å². The fourth-order valence-corrected chi connectivity index (χ4v) is 5.18. The van der Waals surface area contributed by atoms with E-state index in [9.17, 15) is 9.59 Å². The van der Waals surface area contributed by atoms with Crippen LogP contribution in [0.2, 0.25) is 5.02 Å². The zero-order valence-corrected chi connectivity index (χ0v) is 19.1. The number of amides is 1. The van der Waals surface area contributed by atoms with Crippen LogP contribution < -0.4 is 5.32 Å². The lowest BCUT2D eigenvalue weighted by molar-refractivity contribution is -0.125. The molecule has 4 rings (SSSR count). The van der Waals surface area contributed by atoms with Gasteiger partial charge in [0.15, 0.2) is 6.61 Å². The molecule has 1 fully saturated rings. The number of hydrogen-bond donors (Lipinski definition) is 1. The van der Waals surface area contributed by atoms with Gasteiger partial charge in [-0.1, -0.05) is 43.7 Å². The molecule has 1 aromatic carbocycles. The summed E-state index contributed by atoms with van der Waals surface area (Å²) in [6.45, 7) is 1.64. The monoisotopic (exact) mass is 459 g/mol. The second-order valence-electron chi connectivity index (χ2n) is 7.99. The Labute approximate surface area is 190 Å². The summed E-state index contributed by atoms with van der Waals surface area (Å²) in [6.07, 6.45) is 7.99. The van der Waals surface area contributed by atoms with Gasteiger partial charge >= 0.3 is 5.97 Å². The molecule has 0 radical (unpaired) electrons. The molecule has 0 spiro atoms. The number of aryl methyl sites for hydroxylation is 1. The van der Waals surface area contributed by atoms with Crippen LogP contribution >= 0.6 is 22.9 Å². The average Bonchev–Trinajstić information content (AvgIpc) is 3.30. The molecular weight excluding hydrogens is 434 g/mol. The average molecular weight is 460 g/mol. The summed E-state index contributed by atoms with van der Waals surface area (Å²) in [5.41, 5.74) is 1.69. The van der Waals surface area contributed by atoms with Crippen molar-refractivity contribution in [1.82, 2.24) is 15.1 Å². The van der Waals surface area contributed by atoms with E-state index in [1.807, 2.05) is 19.1 Å². The van der Waals surface area contributed by atoms with Gasteiger partial charge < -0.3 is 10.1 Å². The zero-order chi connectivity index (χ0) is 21.8. The third-order valence-electron chi connectivity index (χ3n) is 5.62. The fraction of sp³-hybridized carbons (Fsp3) is 0.435. The van der Waals surface area contributed by atoms with Crippen LogP contribution in [0, 0.1) is 6.92 Å². The third kappa shape index (κ3) is 5.28.